The zero-order valence-corrected chi connectivity index (χ0v) is 12.3. The lowest BCUT2D eigenvalue weighted by Crippen LogP contribution is -2.35. The molecule has 4 heteroatoms. The van der Waals surface area contributed by atoms with E-state index in [2.05, 4.69) is 5.32 Å². The van der Waals surface area contributed by atoms with Crippen LogP contribution in [-0.4, -0.2) is 34.7 Å². The van der Waals surface area contributed by atoms with Gasteiger partial charge in [-0.05, 0) is 44.9 Å². The van der Waals surface area contributed by atoms with Gasteiger partial charge in [-0.2, -0.15) is 11.8 Å². The van der Waals surface area contributed by atoms with Gasteiger partial charge in [0.05, 0.1) is 5.60 Å². The highest BCUT2D eigenvalue weighted by molar-refractivity contribution is 7.99. The van der Waals surface area contributed by atoms with E-state index in [0.29, 0.717) is 11.8 Å². The van der Waals surface area contributed by atoms with Crippen LogP contribution in [0.2, 0.25) is 0 Å². The summed E-state index contributed by atoms with van der Waals surface area (Å²) < 4.78 is 0. The molecule has 0 unspecified atom stereocenters. The lowest BCUT2D eigenvalue weighted by atomic mass is 9.88. The van der Waals surface area contributed by atoms with Crippen LogP contribution in [0, 0.1) is 17.8 Å². The molecule has 0 aromatic heterocycles. The molecule has 18 heavy (non-hydrogen) atoms. The van der Waals surface area contributed by atoms with Crippen molar-refractivity contribution in [3.8, 4) is 0 Å². The number of carbonyl (C=O) groups excluding carboxylic acids is 1. The van der Waals surface area contributed by atoms with E-state index < -0.39 is 5.60 Å². The number of nitrogens with one attached hydrogen (secondary N) is 1. The second-order valence-corrected chi connectivity index (χ2v) is 7.54. The van der Waals surface area contributed by atoms with E-state index in [-0.39, 0.29) is 5.91 Å². The largest absolute Gasteiger partial charge is 0.390 e. The predicted octanol–water partition coefficient (Wildman–Crippen LogP) is 2.04. The fraction of sp³-hybridized carbons (Fsp3) is 0.929. The van der Waals surface area contributed by atoms with Crippen LogP contribution in [0.25, 0.3) is 0 Å². The molecule has 104 valence electrons. The molecule has 2 rings (SSSR count). The molecule has 2 bridgehead atoms. The van der Waals surface area contributed by atoms with Crippen LogP contribution >= 0.6 is 11.8 Å². The van der Waals surface area contributed by atoms with Gasteiger partial charge in [-0.15, -0.1) is 0 Å². The summed E-state index contributed by atoms with van der Waals surface area (Å²) in [7, 11) is 0. The molecule has 2 N–H and O–H groups in total. The van der Waals surface area contributed by atoms with Gasteiger partial charge in [0.25, 0.3) is 0 Å². The Morgan fingerprint density at radius 1 is 1.39 bits per heavy atom. The molecule has 0 radical (unpaired) electrons. The van der Waals surface area contributed by atoms with E-state index in [1.54, 1.807) is 11.8 Å². The number of fused-ring (bicyclic) bond motifs is 2. The van der Waals surface area contributed by atoms with Gasteiger partial charge in [-0.1, -0.05) is 6.42 Å². The first-order valence-corrected chi connectivity index (χ1v) is 8.19. The van der Waals surface area contributed by atoms with Gasteiger partial charge in [-0.3, -0.25) is 4.79 Å². The van der Waals surface area contributed by atoms with Crippen molar-refractivity contribution in [2.45, 2.75) is 45.1 Å². The summed E-state index contributed by atoms with van der Waals surface area (Å²) in [6.07, 6.45) is 5.00. The average molecular weight is 271 g/mol. The Kier molecular flexibility index (Phi) is 4.59. The Bertz CT molecular complexity index is 301. The topological polar surface area (TPSA) is 49.3 Å². The maximum Gasteiger partial charge on any atom is 0.223 e. The van der Waals surface area contributed by atoms with E-state index in [4.69, 9.17) is 0 Å². The molecule has 2 fully saturated rings. The van der Waals surface area contributed by atoms with Crippen LogP contribution in [0.4, 0.5) is 0 Å². The van der Waals surface area contributed by atoms with Crippen molar-refractivity contribution in [1.82, 2.24) is 5.32 Å². The number of rotatable bonds is 6. The van der Waals surface area contributed by atoms with Gasteiger partial charge >= 0.3 is 0 Å². The Balaban J connectivity index is 1.58. The summed E-state index contributed by atoms with van der Waals surface area (Å²) >= 11 is 1.70. The molecule has 2 aliphatic rings. The lowest BCUT2D eigenvalue weighted by Gasteiger charge is -2.21. The molecule has 1 amide bonds. The number of hydrogen-bond acceptors (Lipinski definition) is 3. The van der Waals surface area contributed by atoms with E-state index in [1.807, 2.05) is 13.8 Å². The molecular weight excluding hydrogens is 246 g/mol. The van der Waals surface area contributed by atoms with E-state index in [0.717, 1.165) is 30.4 Å². The summed E-state index contributed by atoms with van der Waals surface area (Å²) in [5, 5.41) is 12.6. The molecule has 3 nitrogen and oxygen atoms in total. The van der Waals surface area contributed by atoms with Crippen molar-refractivity contribution >= 4 is 17.7 Å². The van der Waals surface area contributed by atoms with Crippen LogP contribution in [0.5, 0.6) is 0 Å². The number of hydrogen-bond donors (Lipinski definition) is 2. The van der Waals surface area contributed by atoms with Crippen LogP contribution < -0.4 is 5.32 Å². The Hall–Kier alpha value is -0.220. The maximum atomic E-state index is 12.0. The van der Waals surface area contributed by atoms with Crippen molar-refractivity contribution in [2.24, 2.45) is 17.8 Å². The first kappa shape index (κ1) is 14.2. The third kappa shape index (κ3) is 3.89. The minimum Gasteiger partial charge on any atom is -0.390 e. The minimum absolute atomic E-state index is 0.269. The molecule has 0 aromatic carbocycles. The number of thioether (sulfide) groups is 1. The highest BCUT2D eigenvalue weighted by Crippen LogP contribution is 2.48. The molecule has 0 heterocycles. The summed E-state index contributed by atoms with van der Waals surface area (Å²) in [4.78, 5) is 12.0. The fourth-order valence-corrected chi connectivity index (χ4v) is 4.16. The Morgan fingerprint density at radius 2 is 2.17 bits per heavy atom. The Labute approximate surface area is 114 Å². The molecule has 2 aliphatic carbocycles. The molecule has 3 atom stereocenters. The van der Waals surface area contributed by atoms with Crippen molar-refractivity contribution in [1.29, 1.82) is 0 Å². The van der Waals surface area contributed by atoms with E-state index >= 15 is 0 Å². The third-order valence-corrected chi connectivity index (χ3v) is 5.48. The predicted molar refractivity (Wildman–Crippen MR) is 75.6 cm³/mol. The average Bonchev–Trinajstić information content (AvgIpc) is 2.88. The zero-order chi connectivity index (χ0) is 13.2. The van der Waals surface area contributed by atoms with Gasteiger partial charge in [-0.25, -0.2) is 0 Å². The standard InChI is InChI=1S/C14H25NO2S/c1-14(2,17)9-18-6-5-15-13(16)12-8-10-3-4-11(12)7-10/h10-12,17H,3-9H2,1-2H3,(H,15,16)/t10-,11-,12+/m0/s1. The summed E-state index contributed by atoms with van der Waals surface area (Å²) in [6.45, 7) is 4.36. The SMILES string of the molecule is CC(C)(O)CSCCNC(=O)[C@@H]1C[C@H]2CC[C@H]1C2. The smallest absolute Gasteiger partial charge is 0.223 e. The monoisotopic (exact) mass is 271 g/mol. The van der Waals surface area contributed by atoms with Crippen molar-refractivity contribution in [3.63, 3.8) is 0 Å². The quantitative estimate of drug-likeness (QED) is 0.727. The summed E-state index contributed by atoms with van der Waals surface area (Å²) in [5.74, 6) is 3.66. The molecule has 0 aliphatic heterocycles. The molecule has 0 spiro atoms. The van der Waals surface area contributed by atoms with Gasteiger partial charge < -0.3 is 10.4 Å². The second kappa shape index (κ2) is 5.83. The molecular formula is C14H25NO2S. The number of carbonyl (C=O) groups is 1. The van der Waals surface area contributed by atoms with E-state index in [1.165, 1.54) is 19.3 Å². The Morgan fingerprint density at radius 3 is 2.72 bits per heavy atom. The van der Waals surface area contributed by atoms with Gasteiger partial charge in [0, 0.05) is 24.0 Å². The fourth-order valence-electron chi connectivity index (χ4n) is 3.27. The third-order valence-electron chi connectivity index (χ3n) is 4.08. The minimum atomic E-state index is -0.612. The van der Waals surface area contributed by atoms with Gasteiger partial charge in [0.2, 0.25) is 5.91 Å². The second-order valence-electron chi connectivity index (χ2n) is 6.44. The van der Waals surface area contributed by atoms with Crippen LogP contribution in [0.3, 0.4) is 0 Å². The summed E-state index contributed by atoms with van der Waals surface area (Å²) in [6, 6.07) is 0. The van der Waals surface area contributed by atoms with Crippen LogP contribution in [0.1, 0.15) is 39.5 Å². The van der Waals surface area contributed by atoms with Crippen LogP contribution in [0.15, 0.2) is 0 Å². The number of amides is 1. The van der Waals surface area contributed by atoms with Crippen LogP contribution in [-0.2, 0) is 4.79 Å². The van der Waals surface area contributed by atoms with Gasteiger partial charge in [0.1, 0.15) is 0 Å². The normalized spacial score (nSPS) is 30.7. The summed E-state index contributed by atoms with van der Waals surface area (Å²) in [5.41, 5.74) is -0.612. The molecule has 2 saturated carbocycles. The van der Waals surface area contributed by atoms with Crippen molar-refractivity contribution in [3.05, 3.63) is 0 Å². The van der Waals surface area contributed by atoms with Gasteiger partial charge in [0.15, 0.2) is 0 Å². The highest BCUT2D eigenvalue weighted by Gasteiger charge is 2.42. The zero-order valence-electron chi connectivity index (χ0n) is 11.4. The molecule has 0 saturated heterocycles. The molecule has 0 aromatic rings. The first-order chi connectivity index (χ1) is 8.46. The maximum absolute atomic E-state index is 12.0. The lowest BCUT2D eigenvalue weighted by molar-refractivity contribution is -0.126. The first-order valence-electron chi connectivity index (χ1n) is 7.03. The van der Waals surface area contributed by atoms with E-state index in [9.17, 15) is 9.90 Å². The highest BCUT2D eigenvalue weighted by atomic mass is 32.2. The number of aliphatic hydroxyl groups is 1. The van der Waals surface area contributed by atoms with Crippen molar-refractivity contribution < 1.29 is 9.90 Å². The van der Waals surface area contributed by atoms with Crippen molar-refractivity contribution in [2.75, 3.05) is 18.1 Å².